The minimum absolute atomic E-state index is 0.277. The van der Waals surface area contributed by atoms with Crippen molar-refractivity contribution >= 4 is 5.97 Å². The summed E-state index contributed by atoms with van der Waals surface area (Å²) in [5.74, 6) is -1.25. The molecule has 6 heteroatoms. The van der Waals surface area contributed by atoms with Crippen molar-refractivity contribution in [3.63, 3.8) is 0 Å². The molecule has 2 atom stereocenters. The van der Waals surface area contributed by atoms with Crippen LogP contribution in [0.3, 0.4) is 0 Å². The van der Waals surface area contributed by atoms with Crippen molar-refractivity contribution in [1.82, 2.24) is 0 Å². The lowest BCUT2D eigenvalue weighted by molar-refractivity contribution is -0.142. The molecule has 0 bridgehead atoms. The molecule has 1 heterocycles. The Hall–Kier alpha value is -1.69. The molecule has 0 spiro atoms. The Bertz CT molecular complexity index is 470. The van der Waals surface area contributed by atoms with Gasteiger partial charge in [-0.05, 0) is 30.5 Å². The maximum Gasteiger partial charge on any atom is 0.306 e. The van der Waals surface area contributed by atoms with E-state index in [2.05, 4.69) is 4.74 Å². The van der Waals surface area contributed by atoms with Crippen molar-refractivity contribution in [2.45, 2.75) is 44.3 Å². The van der Waals surface area contributed by atoms with Gasteiger partial charge in [0.25, 0.3) is 0 Å². The summed E-state index contributed by atoms with van der Waals surface area (Å²) in [6.45, 7) is 0.676. The van der Waals surface area contributed by atoms with Gasteiger partial charge in [0.1, 0.15) is 5.75 Å². The molecule has 1 fully saturated rings. The highest BCUT2D eigenvalue weighted by molar-refractivity contribution is 5.70. The molecule has 122 valence electrons. The van der Waals surface area contributed by atoms with Crippen LogP contribution in [0.15, 0.2) is 24.3 Å². The van der Waals surface area contributed by atoms with Crippen LogP contribution in [0.4, 0.5) is 8.78 Å². The first-order valence-electron chi connectivity index (χ1n) is 7.33. The van der Waals surface area contributed by atoms with Gasteiger partial charge in [0.2, 0.25) is 6.43 Å². The van der Waals surface area contributed by atoms with Crippen LogP contribution >= 0.6 is 0 Å². The molecule has 0 amide bonds. The van der Waals surface area contributed by atoms with E-state index in [0.717, 1.165) is 19.3 Å². The van der Waals surface area contributed by atoms with Crippen molar-refractivity contribution in [3.05, 3.63) is 29.8 Å². The molecule has 1 unspecified atom stereocenters. The monoisotopic (exact) mass is 314 g/mol. The summed E-state index contributed by atoms with van der Waals surface area (Å²) in [4.78, 5) is 11.2. The van der Waals surface area contributed by atoms with E-state index in [1.54, 1.807) is 24.3 Å². The van der Waals surface area contributed by atoms with Gasteiger partial charge in [-0.1, -0.05) is 12.1 Å². The van der Waals surface area contributed by atoms with Crippen LogP contribution < -0.4 is 4.74 Å². The first-order valence-corrected chi connectivity index (χ1v) is 7.33. The third-order valence-electron chi connectivity index (χ3n) is 3.63. The number of methoxy groups -OCH3 is 1. The Morgan fingerprint density at radius 1 is 1.32 bits per heavy atom. The smallest absolute Gasteiger partial charge is 0.306 e. The lowest BCUT2D eigenvalue weighted by Gasteiger charge is -2.23. The first-order chi connectivity index (χ1) is 10.6. The van der Waals surface area contributed by atoms with Gasteiger partial charge in [-0.3, -0.25) is 4.79 Å². The molecule has 4 nitrogen and oxygen atoms in total. The van der Waals surface area contributed by atoms with Crippen molar-refractivity contribution in [3.8, 4) is 5.75 Å². The quantitative estimate of drug-likeness (QED) is 0.754. The topological polar surface area (TPSA) is 44.8 Å². The average Bonchev–Trinajstić information content (AvgIpc) is 2.54. The summed E-state index contributed by atoms with van der Waals surface area (Å²) >= 11 is 0. The Labute approximate surface area is 128 Å². The Morgan fingerprint density at radius 3 is 2.59 bits per heavy atom. The maximum atomic E-state index is 13.1. The number of carbonyl (C=O) groups excluding carboxylic acids is 1. The number of hydrogen-bond donors (Lipinski definition) is 0. The fourth-order valence-corrected chi connectivity index (χ4v) is 2.36. The molecule has 0 aromatic heterocycles. The number of alkyl halides is 2. The summed E-state index contributed by atoms with van der Waals surface area (Å²) in [6.07, 6.45) is -0.352. The van der Waals surface area contributed by atoms with Crippen LogP contribution in [0.2, 0.25) is 0 Å². The van der Waals surface area contributed by atoms with E-state index in [4.69, 9.17) is 9.47 Å². The van der Waals surface area contributed by atoms with Gasteiger partial charge in [0.15, 0.2) is 6.29 Å². The molecule has 2 rings (SSSR count). The number of halogens is 2. The highest BCUT2D eigenvalue weighted by atomic mass is 19.3. The molecule has 1 aliphatic heterocycles. The molecule has 22 heavy (non-hydrogen) atoms. The summed E-state index contributed by atoms with van der Waals surface area (Å²) in [7, 11) is 1.19. The van der Waals surface area contributed by atoms with Crippen LogP contribution in [0.25, 0.3) is 0 Å². The lowest BCUT2D eigenvalue weighted by atomic mass is 9.96. The van der Waals surface area contributed by atoms with E-state index in [-0.39, 0.29) is 12.7 Å². The van der Waals surface area contributed by atoms with Crippen molar-refractivity contribution in [1.29, 1.82) is 0 Å². The van der Waals surface area contributed by atoms with Crippen LogP contribution in [0.1, 0.15) is 37.2 Å². The van der Waals surface area contributed by atoms with Gasteiger partial charge in [-0.2, -0.15) is 0 Å². The van der Waals surface area contributed by atoms with Gasteiger partial charge in [-0.15, -0.1) is 0 Å². The van der Waals surface area contributed by atoms with Crippen LogP contribution in [0, 0.1) is 0 Å². The molecule has 1 saturated heterocycles. The van der Waals surface area contributed by atoms with Gasteiger partial charge >= 0.3 is 5.97 Å². The average molecular weight is 314 g/mol. The molecular formula is C16H20F2O4. The first kappa shape index (κ1) is 16.7. The SMILES string of the molecule is COC(=O)CC(c1ccc(O[C@@H]2CCCCO2)cc1)C(F)F. The maximum absolute atomic E-state index is 13.1. The zero-order valence-corrected chi connectivity index (χ0v) is 12.5. The van der Waals surface area contributed by atoms with Crippen molar-refractivity contribution in [2.75, 3.05) is 13.7 Å². The molecule has 0 radical (unpaired) electrons. The van der Waals surface area contributed by atoms with Crippen LogP contribution in [-0.4, -0.2) is 32.4 Å². The van der Waals surface area contributed by atoms with E-state index in [9.17, 15) is 13.6 Å². The standard InChI is InChI=1S/C16H20F2O4/c1-20-14(19)10-13(16(17)18)11-5-7-12(8-6-11)22-15-4-2-3-9-21-15/h5-8,13,15-16H,2-4,9-10H2,1H3/t13?,15-/m1/s1. The molecule has 0 saturated carbocycles. The van der Waals surface area contributed by atoms with Crippen molar-refractivity contribution < 1.29 is 27.8 Å². The van der Waals surface area contributed by atoms with Gasteiger partial charge < -0.3 is 14.2 Å². The lowest BCUT2D eigenvalue weighted by Crippen LogP contribution is -2.25. The molecule has 1 aliphatic rings. The van der Waals surface area contributed by atoms with E-state index < -0.39 is 18.3 Å². The summed E-state index contributed by atoms with van der Waals surface area (Å²) < 4.78 is 41.8. The third kappa shape index (κ3) is 4.66. The zero-order valence-electron chi connectivity index (χ0n) is 12.5. The van der Waals surface area contributed by atoms with E-state index in [0.29, 0.717) is 17.9 Å². The van der Waals surface area contributed by atoms with E-state index in [1.807, 2.05) is 0 Å². The number of ether oxygens (including phenoxy) is 3. The minimum atomic E-state index is -2.63. The second-order valence-corrected chi connectivity index (χ2v) is 5.20. The molecular weight excluding hydrogens is 294 g/mol. The minimum Gasteiger partial charge on any atom is -0.469 e. The van der Waals surface area contributed by atoms with Crippen LogP contribution in [0.5, 0.6) is 5.75 Å². The number of benzene rings is 1. The third-order valence-corrected chi connectivity index (χ3v) is 3.63. The summed E-state index contributed by atoms with van der Waals surface area (Å²) in [5.41, 5.74) is 0.386. The van der Waals surface area contributed by atoms with Gasteiger partial charge in [-0.25, -0.2) is 8.78 Å². The Balaban J connectivity index is 2.00. The highest BCUT2D eigenvalue weighted by Gasteiger charge is 2.26. The van der Waals surface area contributed by atoms with Crippen molar-refractivity contribution in [2.24, 2.45) is 0 Å². The number of carbonyl (C=O) groups is 1. The van der Waals surface area contributed by atoms with Gasteiger partial charge in [0.05, 0.1) is 26.1 Å². The fourth-order valence-electron chi connectivity index (χ4n) is 2.36. The molecule has 0 N–H and O–H groups in total. The second-order valence-electron chi connectivity index (χ2n) is 5.20. The second kappa shape index (κ2) is 8.08. The van der Waals surface area contributed by atoms with Crippen LogP contribution in [-0.2, 0) is 14.3 Å². The molecule has 1 aromatic rings. The highest BCUT2D eigenvalue weighted by Crippen LogP contribution is 2.29. The number of rotatable bonds is 6. The summed E-state index contributed by atoms with van der Waals surface area (Å²) in [5, 5.41) is 0. The molecule has 1 aromatic carbocycles. The number of esters is 1. The number of hydrogen-bond acceptors (Lipinski definition) is 4. The van der Waals surface area contributed by atoms with E-state index in [1.165, 1.54) is 7.11 Å². The Morgan fingerprint density at radius 2 is 2.05 bits per heavy atom. The predicted molar refractivity (Wildman–Crippen MR) is 76.0 cm³/mol. The zero-order chi connectivity index (χ0) is 15.9. The molecule has 0 aliphatic carbocycles. The van der Waals surface area contributed by atoms with E-state index >= 15 is 0 Å². The largest absolute Gasteiger partial charge is 0.469 e. The predicted octanol–water partition coefficient (Wildman–Crippen LogP) is 3.50. The Kier molecular flexibility index (Phi) is 6.12. The summed E-state index contributed by atoms with van der Waals surface area (Å²) in [6, 6.07) is 6.36. The normalized spacial score (nSPS) is 19.7. The fraction of sp³-hybridized carbons (Fsp3) is 0.562. The van der Waals surface area contributed by atoms with Gasteiger partial charge in [0, 0.05) is 6.42 Å².